The van der Waals surface area contributed by atoms with Gasteiger partial charge < -0.3 is 10.1 Å². The summed E-state index contributed by atoms with van der Waals surface area (Å²) in [5.74, 6) is 0.662. The summed E-state index contributed by atoms with van der Waals surface area (Å²) in [7, 11) is 0. The molecule has 2 aromatic heterocycles. The van der Waals surface area contributed by atoms with Gasteiger partial charge in [0.2, 0.25) is 0 Å². The highest BCUT2D eigenvalue weighted by atomic mass is 35.5. The predicted molar refractivity (Wildman–Crippen MR) is 66.0 cm³/mol. The third-order valence-corrected chi connectivity index (χ3v) is 2.76. The van der Waals surface area contributed by atoms with Gasteiger partial charge in [-0.25, -0.2) is 9.97 Å². The van der Waals surface area contributed by atoms with E-state index in [0.717, 1.165) is 10.9 Å². The van der Waals surface area contributed by atoms with Gasteiger partial charge in [-0.3, -0.25) is 0 Å². The Bertz CT molecular complexity index is 693. The fourth-order valence-corrected chi connectivity index (χ4v) is 1.91. The van der Waals surface area contributed by atoms with Crippen LogP contribution in [0.15, 0.2) is 36.5 Å². The first-order valence-corrected chi connectivity index (χ1v) is 5.42. The maximum atomic E-state index is 9.42. The Morgan fingerprint density at radius 3 is 2.88 bits per heavy atom. The van der Waals surface area contributed by atoms with Crippen LogP contribution in [-0.2, 0) is 0 Å². The van der Waals surface area contributed by atoms with Crippen molar-refractivity contribution in [2.45, 2.75) is 0 Å². The highest BCUT2D eigenvalue weighted by Crippen LogP contribution is 2.25. The van der Waals surface area contributed by atoms with E-state index in [1.807, 2.05) is 12.1 Å². The zero-order valence-corrected chi connectivity index (χ0v) is 9.44. The number of phenols is 1. The Morgan fingerprint density at radius 1 is 1.18 bits per heavy atom. The van der Waals surface area contributed by atoms with Crippen molar-refractivity contribution in [2.24, 2.45) is 0 Å². The lowest BCUT2D eigenvalue weighted by molar-refractivity contribution is 0.475. The number of halogens is 1. The normalized spacial score (nSPS) is 10.9. The monoisotopic (exact) mass is 245 g/mol. The van der Waals surface area contributed by atoms with Gasteiger partial charge in [0.15, 0.2) is 5.82 Å². The number of aromatic hydroxyl groups is 1. The number of fused-ring (bicyclic) bond motifs is 1. The van der Waals surface area contributed by atoms with Crippen molar-refractivity contribution in [3.8, 4) is 17.1 Å². The number of aromatic amines is 1. The highest BCUT2D eigenvalue weighted by molar-refractivity contribution is 6.34. The fourth-order valence-electron chi connectivity index (χ4n) is 1.68. The molecule has 3 rings (SSSR count). The van der Waals surface area contributed by atoms with Crippen LogP contribution in [-0.4, -0.2) is 20.1 Å². The van der Waals surface area contributed by atoms with Gasteiger partial charge in [0.25, 0.3) is 0 Å². The number of nitrogens with zero attached hydrogens (tertiary/aromatic N) is 2. The molecule has 84 valence electrons. The van der Waals surface area contributed by atoms with Crippen LogP contribution in [0.4, 0.5) is 0 Å². The lowest BCUT2D eigenvalue weighted by Crippen LogP contribution is -1.90. The van der Waals surface area contributed by atoms with Gasteiger partial charge in [-0.05, 0) is 18.2 Å². The SMILES string of the molecule is Oc1cccc(-c2nc(Cl)c3cc[nH]c3n2)c1. The molecule has 0 aliphatic heterocycles. The van der Waals surface area contributed by atoms with E-state index in [1.165, 1.54) is 0 Å². The zero-order valence-electron chi connectivity index (χ0n) is 8.68. The number of rotatable bonds is 1. The number of hydrogen-bond acceptors (Lipinski definition) is 3. The number of hydrogen-bond donors (Lipinski definition) is 2. The minimum absolute atomic E-state index is 0.175. The summed E-state index contributed by atoms with van der Waals surface area (Å²) in [5, 5.41) is 10.6. The van der Waals surface area contributed by atoms with Gasteiger partial charge in [0, 0.05) is 11.8 Å². The molecule has 1 aromatic carbocycles. The van der Waals surface area contributed by atoms with Crippen LogP contribution in [0, 0.1) is 0 Å². The molecule has 2 N–H and O–H groups in total. The fraction of sp³-hybridized carbons (Fsp3) is 0. The molecule has 0 aliphatic rings. The maximum absolute atomic E-state index is 9.42. The molecular weight excluding hydrogens is 238 g/mol. The molecule has 0 bridgehead atoms. The van der Waals surface area contributed by atoms with E-state index in [2.05, 4.69) is 15.0 Å². The van der Waals surface area contributed by atoms with E-state index in [9.17, 15) is 5.11 Å². The van der Waals surface area contributed by atoms with E-state index in [0.29, 0.717) is 16.6 Å². The molecule has 0 atom stereocenters. The largest absolute Gasteiger partial charge is 0.508 e. The van der Waals surface area contributed by atoms with E-state index < -0.39 is 0 Å². The standard InChI is InChI=1S/C12H8ClN3O/c13-10-9-4-5-14-12(9)16-11(15-10)7-2-1-3-8(17)6-7/h1-6,17H,(H,14,15,16). The minimum atomic E-state index is 0.175. The summed E-state index contributed by atoms with van der Waals surface area (Å²) in [4.78, 5) is 11.5. The van der Waals surface area contributed by atoms with Crippen molar-refractivity contribution in [3.63, 3.8) is 0 Å². The number of benzene rings is 1. The third-order valence-electron chi connectivity index (χ3n) is 2.47. The van der Waals surface area contributed by atoms with E-state index in [4.69, 9.17) is 11.6 Å². The molecule has 0 amide bonds. The molecule has 0 radical (unpaired) electrons. The first-order valence-electron chi connectivity index (χ1n) is 5.04. The molecule has 2 heterocycles. The van der Waals surface area contributed by atoms with E-state index >= 15 is 0 Å². The summed E-state index contributed by atoms with van der Waals surface area (Å²) in [6.45, 7) is 0. The van der Waals surface area contributed by atoms with Gasteiger partial charge in [-0.2, -0.15) is 0 Å². The molecule has 0 spiro atoms. The van der Waals surface area contributed by atoms with Crippen molar-refractivity contribution in [3.05, 3.63) is 41.7 Å². The van der Waals surface area contributed by atoms with E-state index in [-0.39, 0.29) is 5.75 Å². The molecule has 5 heteroatoms. The van der Waals surface area contributed by atoms with Gasteiger partial charge in [0.05, 0.1) is 5.39 Å². The molecule has 0 saturated carbocycles. The molecular formula is C12H8ClN3O. The van der Waals surface area contributed by atoms with Crippen LogP contribution in [0.1, 0.15) is 0 Å². The first kappa shape index (κ1) is 10.1. The number of phenolic OH excluding ortho intramolecular Hbond substituents is 1. The lowest BCUT2D eigenvalue weighted by Gasteiger charge is -2.02. The molecule has 0 aliphatic carbocycles. The Labute approximate surface area is 102 Å². The van der Waals surface area contributed by atoms with Crippen molar-refractivity contribution in [2.75, 3.05) is 0 Å². The van der Waals surface area contributed by atoms with Crippen molar-refractivity contribution in [1.82, 2.24) is 15.0 Å². The van der Waals surface area contributed by atoms with Crippen molar-refractivity contribution in [1.29, 1.82) is 0 Å². The Hall–Kier alpha value is -2.07. The van der Waals surface area contributed by atoms with Gasteiger partial charge in [0.1, 0.15) is 16.5 Å². The summed E-state index contributed by atoms with van der Waals surface area (Å²) in [6, 6.07) is 8.57. The summed E-state index contributed by atoms with van der Waals surface area (Å²) in [5.41, 5.74) is 1.41. The van der Waals surface area contributed by atoms with Crippen LogP contribution >= 0.6 is 11.6 Å². The van der Waals surface area contributed by atoms with Crippen LogP contribution < -0.4 is 0 Å². The maximum Gasteiger partial charge on any atom is 0.163 e. The van der Waals surface area contributed by atoms with Crippen LogP contribution in [0.2, 0.25) is 5.15 Å². The van der Waals surface area contributed by atoms with Crippen molar-refractivity contribution < 1.29 is 5.11 Å². The average Bonchev–Trinajstić information content (AvgIpc) is 2.77. The van der Waals surface area contributed by atoms with Gasteiger partial charge in [-0.15, -0.1) is 0 Å². The zero-order chi connectivity index (χ0) is 11.8. The highest BCUT2D eigenvalue weighted by Gasteiger charge is 2.08. The molecule has 4 nitrogen and oxygen atoms in total. The van der Waals surface area contributed by atoms with E-state index in [1.54, 1.807) is 24.4 Å². The molecule has 0 fully saturated rings. The number of nitrogens with one attached hydrogen (secondary N) is 1. The average molecular weight is 246 g/mol. The van der Waals surface area contributed by atoms with Crippen LogP contribution in [0.3, 0.4) is 0 Å². The smallest absolute Gasteiger partial charge is 0.163 e. The second-order valence-corrected chi connectivity index (χ2v) is 3.99. The van der Waals surface area contributed by atoms with Crippen LogP contribution in [0.25, 0.3) is 22.4 Å². The van der Waals surface area contributed by atoms with Gasteiger partial charge >= 0.3 is 0 Å². The Balaban J connectivity index is 2.23. The number of H-pyrrole nitrogens is 1. The summed E-state index contributed by atoms with van der Waals surface area (Å²) in [6.07, 6.45) is 1.76. The second kappa shape index (κ2) is 3.75. The summed E-state index contributed by atoms with van der Waals surface area (Å²) >= 11 is 6.06. The topological polar surface area (TPSA) is 61.8 Å². The third kappa shape index (κ3) is 1.72. The van der Waals surface area contributed by atoms with Gasteiger partial charge in [-0.1, -0.05) is 23.7 Å². The molecule has 0 unspecified atom stereocenters. The lowest BCUT2D eigenvalue weighted by atomic mass is 10.2. The van der Waals surface area contributed by atoms with Crippen molar-refractivity contribution >= 4 is 22.6 Å². The predicted octanol–water partition coefficient (Wildman–Crippen LogP) is 2.98. The Kier molecular flexibility index (Phi) is 2.23. The van der Waals surface area contributed by atoms with Crippen LogP contribution in [0.5, 0.6) is 5.75 Å². The first-order chi connectivity index (χ1) is 8.24. The summed E-state index contributed by atoms with van der Waals surface area (Å²) < 4.78 is 0. The molecule has 3 aromatic rings. The minimum Gasteiger partial charge on any atom is -0.508 e. The molecule has 0 saturated heterocycles. The quantitative estimate of drug-likeness (QED) is 0.648. The Morgan fingerprint density at radius 2 is 2.06 bits per heavy atom. The second-order valence-electron chi connectivity index (χ2n) is 3.63. The molecule has 17 heavy (non-hydrogen) atoms. The number of aromatic nitrogens is 3.